The van der Waals surface area contributed by atoms with Gasteiger partial charge in [-0.05, 0) is 155 Å². The van der Waals surface area contributed by atoms with Crippen molar-refractivity contribution in [3.8, 4) is 150 Å². The maximum atomic E-state index is 11.1. The van der Waals surface area contributed by atoms with Gasteiger partial charge in [-0.25, -0.2) is 39.2 Å². The van der Waals surface area contributed by atoms with Crippen molar-refractivity contribution in [3.63, 3.8) is 0 Å². The van der Waals surface area contributed by atoms with E-state index < -0.39 is 0 Å². The summed E-state index contributed by atoms with van der Waals surface area (Å²) in [6.45, 7) is 40.4. The molecular formula is C88H36N18. The Morgan fingerprint density at radius 1 is 0.274 bits per heavy atom. The van der Waals surface area contributed by atoms with Crippen LogP contribution in [-0.4, -0.2) is 24.1 Å². The molecule has 3 heterocycles. The summed E-state index contributed by atoms with van der Waals surface area (Å²) < 4.78 is 4.04. The Bertz CT molecular complexity index is 6560. The van der Waals surface area contributed by atoms with E-state index in [1.54, 1.807) is 36.4 Å². The number of nitrogens with zero attached hydrogens (tertiary/aromatic N) is 18. The molecule has 478 valence electrons. The van der Waals surface area contributed by atoms with Crippen molar-refractivity contribution in [2.75, 3.05) is 0 Å². The third kappa shape index (κ3) is 10.8. The molecule has 106 heavy (non-hydrogen) atoms. The average molecular weight is 1350 g/mol. The molecule has 0 saturated carbocycles. The molecule has 15 aromatic rings. The van der Waals surface area contributed by atoms with Crippen molar-refractivity contribution in [1.29, 1.82) is 42.1 Å². The third-order valence-corrected chi connectivity index (χ3v) is 18.5. The van der Waals surface area contributed by atoms with Crippen molar-refractivity contribution in [2.24, 2.45) is 0 Å². The Morgan fingerprint density at radius 2 is 0.660 bits per heavy atom. The lowest BCUT2D eigenvalue weighted by molar-refractivity contribution is 1.07. The second kappa shape index (κ2) is 26.5. The molecule has 0 saturated heterocycles. The number of hydrogen-bond donors (Lipinski definition) is 0. The first-order chi connectivity index (χ1) is 51.9. The summed E-state index contributed by atoms with van der Waals surface area (Å²) in [6, 6.07) is 81.0. The normalized spacial score (nSPS) is 10.5. The predicted octanol–water partition coefficient (Wildman–Crippen LogP) is 21.1. The van der Waals surface area contributed by atoms with Gasteiger partial charge in [0.1, 0.15) is 0 Å². The highest BCUT2D eigenvalue weighted by Gasteiger charge is 2.27. The smallest absolute Gasteiger partial charge is 0.197 e. The summed E-state index contributed by atoms with van der Waals surface area (Å²) in [7, 11) is 0. The van der Waals surface area contributed by atoms with E-state index in [4.69, 9.17) is 47.8 Å². The van der Waals surface area contributed by atoms with Gasteiger partial charge in [0.2, 0.25) is 0 Å². The molecule has 18 heteroatoms. The average Bonchev–Trinajstić information content (AvgIpc) is 1.54. The number of benzene rings is 12. The molecule has 0 amide bonds. The van der Waals surface area contributed by atoms with E-state index in [2.05, 4.69) is 72.8 Å². The molecule has 0 bridgehead atoms. The van der Waals surface area contributed by atoms with Gasteiger partial charge >= 0.3 is 0 Å². The zero-order valence-corrected chi connectivity index (χ0v) is 54.8. The van der Waals surface area contributed by atoms with Crippen LogP contribution in [0.3, 0.4) is 0 Å². The second-order valence-electron chi connectivity index (χ2n) is 24.2. The number of nitriles is 8. The van der Waals surface area contributed by atoms with Crippen LogP contribution in [0, 0.1) is 124 Å². The maximum absolute atomic E-state index is 11.1. The number of aromatic nitrogens is 5. The summed E-state index contributed by atoms with van der Waals surface area (Å²) in [5.74, 6) is 0.951. The van der Waals surface area contributed by atoms with E-state index in [-0.39, 0.29) is 84.3 Å². The van der Waals surface area contributed by atoms with Crippen LogP contribution in [0.5, 0.6) is 0 Å². The zero-order valence-electron chi connectivity index (χ0n) is 54.8. The highest BCUT2D eigenvalue weighted by Crippen LogP contribution is 2.48. The van der Waals surface area contributed by atoms with Gasteiger partial charge in [0, 0.05) is 88.4 Å². The Hall–Kier alpha value is -17.4. The minimum absolute atomic E-state index is 0.0666. The summed E-state index contributed by atoms with van der Waals surface area (Å²) in [6.07, 6.45) is 0. The van der Waals surface area contributed by atoms with Crippen LogP contribution in [0.1, 0.15) is 44.5 Å². The van der Waals surface area contributed by atoms with Crippen molar-refractivity contribution < 1.29 is 0 Å². The van der Waals surface area contributed by atoms with Gasteiger partial charge in [0.25, 0.3) is 0 Å². The molecule has 0 unspecified atom stereocenters. The van der Waals surface area contributed by atoms with Gasteiger partial charge in [0.15, 0.2) is 45.9 Å². The van der Waals surface area contributed by atoms with Crippen LogP contribution in [-0.2, 0) is 0 Å². The fourth-order valence-electron chi connectivity index (χ4n) is 13.9. The van der Waals surface area contributed by atoms with Crippen LogP contribution in [0.25, 0.3) is 169 Å². The van der Waals surface area contributed by atoms with Crippen LogP contribution >= 0.6 is 0 Å². The molecule has 0 radical (unpaired) electrons. The SMILES string of the molecule is [C-]#[N+]c1cc(C#N)c(-c2ccc3c(c2)c2cc(-c4c(C#N)cc(C#N)cc4[N+]#[C-])ccc2n3-c2ccc(-c3nc(-c4ccccc4)nc(-c4ccccc4)n3)c(-c3cc(C#N)ccc3-n3c4ccc(-c5c(C#N)cc(C#N)cc5[N+]#[C-])cc4c4cc(-c5c(C#N)cc([N+]#[C-])cc5[N+]#[C-])ccc43)c2)c(C#N)c1. The molecule has 18 nitrogen and oxygen atoms in total. The quantitative estimate of drug-likeness (QED) is 0.116. The predicted molar refractivity (Wildman–Crippen MR) is 401 cm³/mol. The molecule has 0 aliphatic carbocycles. The summed E-state index contributed by atoms with van der Waals surface area (Å²) in [5.41, 5.74) is 10.8. The van der Waals surface area contributed by atoms with E-state index in [1.807, 2.05) is 143 Å². The van der Waals surface area contributed by atoms with Crippen molar-refractivity contribution in [1.82, 2.24) is 24.1 Å². The van der Waals surface area contributed by atoms with Crippen LogP contribution < -0.4 is 0 Å². The first-order valence-electron chi connectivity index (χ1n) is 32.1. The van der Waals surface area contributed by atoms with Crippen molar-refractivity contribution in [2.45, 2.75) is 0 Å². The summed E-state index contributed by atoms with van der Waals surface area (Å²) in [5, 5.41) is 86.7. The van der Waals surface area contributed by atoms with E-state index >= 15 is 0 Å². The minimum atomic E-state index is 0.0666. The Balaban J connectivity index is 1.07. The Morgan fingerprint density at radius 3 is 1.08 bits per heavy atom. The van der Waals surface area contributed by atoms with Crippen molar-refractivity contribution in [3.05, 3.63) is 320 Å². The lowest BCUT2D eigenvalue weighted by atomic mass is 9.92. The fraction of sp³-hybridized carbons (Fsp3) is 0. The topological polar surface area (TPSA) is 261 Å². The monoisotopic (exact) mass is 1340 g/mol. The highest BCUT2D eigenvalue weighted by molar-refractivity contribution is 6.15. The highest BCUT2D eigenvalue weighted by atomic mass is 15.0. The van der Waals surface area contributed by atoms with Crippen LogP contribution in [0.2, 0.25) is 0 Å². The van der Waals surface area contributed by atoms with Crippen LogP contribution in [0.15, 0.2) is 218 Å². The van der Waals surface area contributed by atoms with E-state index in [1.165, 1.54) is 48.5 Å². The molecule has 0 atom stereocenters. The standard InChI is InChI=1S/C88H36N18/c1-97-64-33-61(47-94)82(62(34-64)48-95)55-17-24-77-70(36-55)71-37-56(83-59(45-92)28-51(43-90)31-74(83)99-3)18-25-78(71)105(77)66-21-22-67(88-103-86(53-12-8-6-9-13-53)102-87(104-88)54-14-10-7-11-15-54)68(41-66)69-30-50(42-89)16-23-79(69)106-80-26-19-57(84-60(46-93)29-52(44-91)32-75(84)100-4)38-72(80)73-39-58(20-27-81(73)106)85-63(49-96)35-65(98-2)40-76(85)101-5/h6-41H. The molecule has 3 aromatic heterocycles. The van der Waals surface area contributed by atoms with Gasteiger partial charge in [-0.2, -0.15) is 42.1 Å². The number of fused-ring (bicyclic) bond motifs is 6. The number of rotatable bonds is 10. The van der Waals surface area contributed by atoms with E-state index in [9.17, 15) is 42.1 Å². The van der Waals surface area contributed by atoms with Crippen LogP contribution in [0.4, 0.5) is 28.4 Å². The van der Waals surface area contributed by atoms with Gasteiger partial charge < -0.3 is 9.13 Å². The largest absolute Gasteiger partial charge is 0.309 e. The molecule has 0 spiro atoms. The van der Waals surface area contributed by atoms with E-state index in [0.717, 1.165) is 0 Å². The fourth-order valence-corrected chi connectivity index (χ4v) is 13.9. The molecule has 0 aliphatic rings. The summed E-state index contributed by atoms with van der Waals surface area (Å²) in [4.78, 5) is 34.1. The van der Waals surface area contributed by atoms with Gasteiger partial charge in [-0.1, -0.05) is 91.0 Å². The maximum Gasteiger partial charge on any atom is 0.197 e. The molecule has 0 fully saturated rings. The van der Waals surface area contributed by atoms with E-state index in [0.29, 0.717) is 133 Å². The number of hydrogen-bond acceptors (Lipinski definition) is 11. The summed E-state index contributed by atoms with van der Waals surface area (Å²) >= 11 is 0. The molecule has 0 N–H and O–H groups in total. The minimum Gasteiger partial charge on any atom is -0.309 e. The third-order valence-electron chi connectivity index (χ3n) is 18.5. The first kappa shape index (κ1) is 64.6. The second-order valence-corrected chi connectivity index (χ2v) is 24.2. The zero-order chi connectivity index (χ0) is 73.4. The lowest BCUT2D eigenvalue weighted by Crippen LogP contribution is -2.04. The Labute approximate surface area is 604 Å². The molecule has 12 aromatic carbocycles. The molecule has 15 rings (SSSR count). The lowest BCUT2D eigenvalue weighted by Gasteiger charge is -2.19. The Kier molecular flexibility index (Phi) is 16.1. The molecule has 0 aliphatic heterocycles. The van der Waals surface area contributed by atoms with Gasteiger partial charge in [0.05, 0.1) is 137 Å². The molecular weight excluding hydrogens is 1310 g/mol. The van der Waals surface area contributed by atoms with Gasteiger partial charge in [-0.15, -0.1) is 0 Å². The van der Waals surface area contributed by atoms with Gasteiger partial charge in [-0.3, -0.25) is 0 Å². The first-order valence-corrected chi connectivity index (χ1v) is 32.1. The van der Waals surface area contributed by atoms with Crippen molar-refractivity contribution >= 4 is 72.0 Å².